The molecule has 21 heavy (non-hydrogen) atoms. The Morgan fingerprint density at radius 1 is 1.14 bits per heavy atom. The molecule has 2 aromatic rings. The molecule has 1 aliphatic carbocycles. The first kappa shape index (κ1) is 14.8. The highest BCUT2D eigenvalue weighted by atomic mass is 32.1. The lowest BCUT2D eigenvalue weighted by molar-refractivity contribution is 0.173. The summed E-state index contributed by atoms with van der Waals surface area (Å²) < 4.78 is 0. The summed E-state index contributed by atoms with van der Waals surface area (Å²) in [4.78, 5) is 4.11. The van der Waals surface area contributed by atoms with Crippen LogP contribution in [0.1, 0.15) is 29.7 Å². The molecule has 1 fully saturated rings. The Morgan fingerprint density at radius 3 is 2.57 bits per heavy atom. The second-order valence-corrected chi connectivity index (χ2v) is 6.93. The summed E-state index contributed by atoms with van der Waals surface area (Å²) in [6.07, 6.45) is 4.96. The minimum absolute atomic E-state index is 0.500. The van der Waals surface area contributed by atoms with Crippen molar-refractivity contribution in [1.29, 1.82) is 0 Å². The third-order valence-corrected chi connectivity index (χ3v) is 5.15. The van der Waals surface area contributed by atoms with Crippen LogP contribution in [-0.4, -0.2) is 23.5 Å². The second kappa shape index (κ2) is 7.21. The van der Waals surface area contributed by atoms with Crippen LogP contribution < -0.4 is 5.73 Å². The molecule has 0 saturated heterocycles. The zero-order valence-electron chi connectivity index (χ0n) is 12.4. The standard InChI is InChI=1S/C18H24N2S/c19-13-17(9-8-15-5-2-1-3-6-15)20(16-10-11-16)14-18-7-4-12-21-18/h1-7,12,16-17H,8-11,13-14,19H2. The molecule has 1 aromatic heterocycles. The van der Waals surface area contributed by atoms with Gasteiger partial charge >= 0.3 is 0 Å². The normalized spacial score (nSPS) is 16.3. The molecule has 0 aliphatic heterocycles. The Kier molecular flexibility index (Phi) is 5.07. The maximum absolute atomic E-state index is 6.09. The van der Waals surface area contributed by atoms with Crippen molar-refractivity contribution in [2.75, 3.05) is 6.54 Å². The van der Waals surface area contributed by atoms with Crippen molar-refractivity contribution >= 4 is 11.3 Å². The van der Waals surface area contributed by atoms with Crippen LogP contribution in [0.2, 0.25) is 0 Å². The van der Waals surface area contributed by atoms with E-state index in [1.54, 1.807) is 0 Å². The average Bonchev–Trinajstić information content (AvgIpc) is 3.24. The van der Waals surface area contributed by atoms with Gasteiger partial charge in [-0.1, -0.05) is 36.4 Å². The van der Waals surface area contributed by atoms with Gasteiger partial charge in [-0.2, -0.15) is 0 Å². The molecule has 1 unspecified atom stereocenters. The predicted octanol–water partition coefficient (Wildman–Crippen LogP) is 3.67. The summed E-state index contributed by atoms with van der Waals surface area (Å²) in [5.41, 5.74) is 7.51. The van der Waals surface area contributed by atoms with Crippen LogP contribution in [0, 0.1) is 0 Å². The lowest BCUT2D eigenvalue weighted by atomic mass is 10.0. The van der Waals surface area contributed by atoms with E-state index in [0.29, 0.717) is 6.04 Å². The van der Waals surface area contributed by atoms with E-state index >= 15 is 0 Å². The van der Waals surface area contributed by atoms with Crippen LogP contribution in [0.3, 0.4) is 0 Å². The summed E-state index contributed by atoms with van der Waals surface area (Å²) in [5.74, 6) is 0. The Labute approximate surface area is 131 Å². The van der Waals surface area contributed by atoms with Crippen molar-refractivity contribution in [2.24, 2.45) is 5.73 Å². The van der Waals surface area contributed by atoms with Crippen molar-refractivity contribution < 1.29 is 0 Å². The fourth-order valence-corrected chi connectivity index (χ4v) is 3.65. The van der Waals surface area contributed by atoms with Gasteiger partial charge in [0.2, 0.25) is 0 Å². The van der Waals surface area contributed by atoms with E-state index in [1.807, 2.05) is 11.3 Å². The van der Waals surface area contributed by atoms with Crippen molar-refractivity contribution in [3.8, 4) is 0 Å². The summed E-state index contributed by atoms with van der Waals surface area (Å²) >= 11 is 1.86. The molecule has 1 heterocycles. The van der Waals surface area contributed by atoms with E-state index in [2.05, 4.69) is 52.7 Å². The van der Waals surface area contributed by atoms with E-state index < -0.39 is 0 Å². The summed E-state index contributed by atoms with van der Waals surface area (Å²) in [6, 6.07) is 16.4. The van der Waals surface area contributed by atoms with Gasteiger partial charge in [0.25, 0.3) is 0 Å². The molecule has 1 aliphatic rings. The first-order valence-corrected chi connectivity index (χ1v) is 8.77. The van der Waals surface area contributed by atoms with Crippen molar-refractivity contribution in [1.82, 2.24) is 4.90 Å². The lowest BCUT2D eigenvalue weighted by Gasteiger charge is -2.30. The molecular weight excluding hydrogens is 276 g/mol. The molecule has 112 valence electrons. The van der Waals surface area contributed by atoms with Gasteiger partial charge in [-0.05, 0) is 42.7 Å². The number of thiophene rings is 1. The monoisotopic (exact) mass is 300 g/mol. The van der Waals surface area contributed by atoms with Crippen LogP contribution in [0.15, 0.2) is 47.8 Å². The Hall–Kier alpha value is -1.16. The van der Waals surface area contributed by atoms with Gasteiger partial charge in [-0.15, -0.1) is 11.3 Å². The first-order valence-electron chi connectivity index (χ1n) is 7.89. The van der Waals surface area contributed by atoms with Crippen molar-refractivity contribution in [3.05, 3.63) is 58.3 Å². The fourth-order valence-electron chi connectivity index (χ4n) is 2.94. The number of hydrogen-bond acceptors (Lipinski definition) is 3. The largest absolute Gasteiger partial charge is 0.329 e. The van der Waals surface area contributed by atoms with Gasteiger partial charge in [0.15, 0.2) is 0 Å². The molecule has 1 aromatic carbocycles. The molecule has 0 spiro atoms. The smallest absolute Gasteiger partial charge is 0.0334 e. The third-order valence-electron chi connectivity index (χ3n) is 4.28. The summed E-state index contributed by atoms with van der Waals surface area (Å²) in [6.45, 7) is 1.83. The molecule has 3 rings (SSSR count). The number of nitrogens with two attached hydrogens (primary N) is 1. The van der Waals surface area contributed by atoms with Crippen LogP contribution in [0.4, 0.5) is 0 Å². The quantitative estimate of drug-likeness (QED) is 0.806. The minimum Gasteiger partial charge on any atom is -0.329 e. The molecule has 1 saturated carbocycles. The van der Waals surface area contributed by atoms with Gasteiger partial charge in [0.05, 0.1) is 0 Å². The second-order valence-electron chi connectivity index (χ2n) is 5.90. The van der Waals surface area contributed by atoms with Crippen LogP contribution >= 0.6 is 11.3 Å². The molecule has 0 bridgehead atoms. The van der Waals surface area contributed by atoms with E-state index in [-0.39, 0.29) is 0 Å². The van der Waals surface area contributed by atoms with E-state index in [9.17, 15) is 0 Å². The highest BCUT2D eigenvalue weighted by molar-refractivity contribution is 7.09. The van der Waals surface area contributed by atoms with Gasteiger partial charge < -0.3 is 5.73 Å². The molecule has 1 atom stereocenters. The lowest BCUT2D eigenvalue weighted by Crippen LogP contribution is -2.41. The Morgan fingerprint density at radius 2 is 1.95 bits per heavy atom. The van der Waals surface area contributed by atoms with E-state index in [4.69, 9.17) is 5.73 Å². The number of hydrogen-bond donors (Lipinski definition) is 1. The van der Waals surface area contributed by atoms with Crippen LogP contribution in [0.25, 0.3) is 0 Å². The van der Waals surface area contributed by atoms with Gasteiger partial charge in [0, 0.05) is 30.1 Å². The van der Waals surface area contributed by atoms with Crippen molar-refractivity contribution in [2.45, 2.75) is 44.3 Å². The number of nitrogens with zero attached hydrogens (tertiary/aromatic N) is 1. The average molecular weight is 300 g/mol. The minimum atomic E-state index is 0.500. The van der Waals surface area contributed by atoms with E-state index in [0.717, 1.165) is 32.0 Å². The summed E-state index contributed by atoms with van der Waals surface area (Å²) in [5, 5.41) is 2.17. The van der Waals surface area contributed by atoms with Gasteiger partial charge in [-0.3, -0.25) is 4.90 Å². The zero-order valence-corrected chi connectivity index (χ0v) is 13.3. The maximum atomic E-state index is 6.09. The van der Waals surface area contributed by atoms with Crippen molar-refractivity contribution in [3.63, 3.8) is 0 Å². The van der Waals surface area contributed by atoms with Crippen LogP contribution in [0.5, 0.6) is 0 Å². The third kappa shape index (κ3) is 4.16. The highest BCUT2D eigenvalue weighted by Gasteiger charge is 2.33. The van der Waals surface area contributed by atoms with Gasteiger partial charge in [0.1, 0.15) is 0 Å². The molecule has 2 nitrogen and oxygen atoms in total. The Bertz CT molecular complexity index is 519. The fraction of sp³-hybridized carbons (Fsp3) is 0.444. The first-order chi connectivity index (χ1) is 10.4. The molecule has 2 N–H and O–H groups in total. The predicted molar refractivity (Wildman–Crippen MR) is 90.5 cm³/mol. The topological polar surface area (TPSA) is 29.3 Å². The van der Waals surface area contributed by atoms with Gasteiger partial charge in [-0.25, -0.2) is 0 Å². The number of aryl methyl sites for hydroxylation is 1. The van der Waals surface area contributed by atoms with E-state index in [1.165, 1.54) is 23.3 Å². The Balaban J connectivity index is 1.61. The molecule has 3 heteroatoms. The molecule has 0 amide bonds. The number of benzene rings is 1. The SMILES string of the molecule is NCC(CCc1ccccc1)N(Cc1cccs1)C1CC1. The van der Waals surface area contributed by atoms with Crippen LogP contribution in [-0.2, 0) is 13.0 Å². The summed E-state index contributed by atoms with van der Waals surface area (Å²) in [7, 11) is 0. The maximum Gasteiger partial charge on any atom is 0.0334 e. The highest BCUT2D eigenvalue weighted by Crippen LogP contribution is 2.32. The molecular formula is C18H24N2S. The number of rotatable bonds is 8. The molecule has 0 radical (unpaired) electrons. The zero-order chi connectivity index (χ0) is 14.5.